The van der Waals surface area contributed by atoms with Crippen molar-refractivity contribution in [2.75, 3.05) is 19.8 Å². The Bertz CT molecular complexity index is 312. The number of hydrogen-bond acceptors (Lipinski definition) is 6. The average Bonchev–Trinajstić information content (AvgIpc) is 2.45. The van der Waals surface area contributed by atoms with Gasteiger partial charge in [0.25, 0.3) is 0 Å². The molecule has 0 aliphatic heterocycles. The summed E-state index contributed by atoms with van der Waals surface area (Å²) in [5.41, 5.74) is -0.634. The molecule has 0 N–H and O–H groups in total. The molecule has 0 aromatic rings. The van der Waals surface area contributed by atoms with Gasteiger partial charge in [-0.2, -0.15) is 4.99 Å². The maximum absolute atomic E-state index is 10.8. The minimum absolute atomic E-state index is 0.370. The number of aliphatic imine (C=N–C) groups is 1. The fourth-order valence-corrected chi connectivity index (χ4v) is 4.42. The standard InChI is InChI=1S/C14H29NO5Si/c1-7-14(8-2,15-12-16)13(6)20-21(17-9-3,18-10-4)19-11-5/h13H,7-11H2,1-6H3. The Morgan fingerprint density at radius 1 is 1.00 bits per heavy atom. The van der Waals surface area contributed by atoms with Gasteiger partial charge in [0.1, 0.15) is 0 Å². The van der Waals surface area contributed by atoms with Gasteiger partial charge in [0, 0.05) is 19.8 Å². The van der Waals surface area contributed by atoms with E-state index in [1.165, 1.54) is 0 Å². The molecule has 0 saturated heterocycles. The van der Waals surface area contributed by atoms with E-state index in [0.29, 0.717) is 32.7 Å². The summed E-state index contributed by atoms with van der Waals surface area (Å²) >= 11 is 0. The highest BCUT2D eigenvalue weighted by Crippen LogP contribution is 2.29. The van der Waals surface area contributed by atoms with Crippen LogP contribution in [0.2, 0.25) is 0 Å². The Balaban J connectivity index is 5.32. The van der Waals surface area contributed by atoms with Crippen molar-refractivity contribution in [2.45, 2.75) is 66.0 Å². The van der Waals surface area contributed by atoms with Gasteiger partial charge in [-0.25, -0.2) is 4.79 Å². The summed E-state index contributed by atoms with van der Waals surface area (Å²) in [6.07, 6.45) is 2.61. The first-order valence-corrected chi connectivity index (χ1v) is 9.31. The molecular formula is C14H29NO5Si. The molecule has 1 atom stereocenters. The average molecular weight is 319 g/mol. The lowest BCUT2D eigenvalue weighted by Crippen LogP contribution is -2.55. The molecule has 6 nitrogen and oxygen atoms in total. The molecule has 0 spiro atoms. The number of isocyanates is 1. The van der Waals surface area contributed by atoms with Gasteiger partial charge in [-0.3, -0.25) is 0 Å². The Morgan fingerprint density at radius 3 is 1.71 bits per heavy atom. The van der Waals surface area contributed by atoms with Crippen molar-refractivity contribution >= 4 is 15.1 Å². The molecule has 0 heterocycles. The first-order valence-electron chi connectivity index (χ1n) is 7.68. The van der Waals surface area contributed by atoms with Gasteiger partial charge in [0.05, 0.1) is 11.6 Å². The van der Waals surface area contributed by atoms with Gasteiger partial charge in [0.2, 0.25) is 6.08 Å². The topological polar surface area (TPSA) is 66.3 Å². The monoisotopic (exact) mass is 319 g/mol. The lowest BCUT2D eigenvalue weighted by molar-refractivity contribution is -0.0635. The second-order valence-corrected chi connectivity index (χ2v) is 6.67. The van der Waals surface area contributed by atoms with Gasteiger partial charge in [0.15, 0.2) is 0 Å². The first-order chi connectivity index (χ1) is 9.99. The zero-order chi connectivity index (χ0) is 16.4. The van der Waals surface area contributed by atoms with Crippen LogP contribution < -0.4 is 0 Å². The number of nitrogens with zero attached hydrogens (tertiary/aromatic N) is 1. The van der Waals surface area contributed by atoms with Crippen LogP contribution >= 0.6 is 0 Å². The van der Waals surface area contributed by atoms with Crippen molar-refractivity contribution < 1.29 is 22.5 Å². The predicted octanol–water partition coefficient (Wildman–Crippen LogP) is 2.83. The predicted molar refractivity (Wildman–Crippen MR) is 82.6 cm³/mol. The molecule has 0 amide bonds. The van der Waals surface area contributed by atoms with Crippen LogP contribution in [0.15, 0.2) is 4.99 Å². The maximum atomic E-state index is 10.8. The van der Waals surface area contributed by atoms with E-state index in [9.17, 15) is 4.79 Å². The van der Waals surface area contributed by atoms with E-state index in [1.54, 1.807) is 6.08 Å². The van der Waals surface area contributed by atoms with E-state index >= 15 is 0 Å². The lowest BCUT2D eigenvalue weighted by Gasteiger charge is -2.37. The molecule has 0 aromatic carbocycles. The van der Waals surface area contributed by atoms with Gasteiger partial charge >= 0.3 is 9.05 Å². The van der Waals surface area contributed by atoms with E-state index in [0.717, 1.165) is 0 Å². The Hall–Kier alpha value is -0.563. The molecule has 0 aliphatic rings. The molecule has 0 aromatic heterocycles. The third kappa shape index (κ3) is 5.62. The highest BCUT2D eigenvalue weighted by atomic mass is 28.4. The maximum Gasteiger partial charge on any atom is 0.680 e. The first kappa shape index (κ1) is 20.4. The van der Waals surface area contributed by atoms with Crippen molar-refractivity contribution in [1.29, 1.82) is 0 Å². The van der Waals surface area contributed by atoms with Gasteiger partial charge < -0.3 is 17.7 Å². The van der Waals surface area contributed by atoms with Crippen molar-refractivity contribution in [3.8, 4) is 0 Å². The van der Waals surface area contributed by atoms with Crippen LogP contribution in [-0.4, -0.2) is 46.6 Å². The molecule has 0 bridgehead atoms. The van der Waals surface area contributed by atoms with Gasteiger partial charge in [-0.05, 0) is 40.5 Å². The third-order valence-corrected chi connectivity index (χ3v) is 6.10. The van der Waals surface area contributed by atoms with Crippen LogP contribution in [0.4, 0.5) is 0 Å². The second-order valence-electron chi connectivity index (χ2n) is 4.57. The van der Waals surface area contributed by atoms with E-state index in [-0.39, 0.29) is 6.10 Å². The number of hydrogen-bond donors (Lipinski definition) is 0. The highest BCUT2D eigenvalue weighted by molar-refractivity contribution is 6.53. The minimum Gasteiger partial charge on any atom is -0.351 e. The van der Waals surface area contributed by atoms with Crippen molar-refractivity contribution in [3.05, 3.63) is 0 Å². The molecule has 0 saturated carbocycles. The summed E-state index contributed by atoms with van der Waals surface area (Å²) in [6.45, 7) is 12.7. The fourth-order valence-electron chi connectivity index (χ4n) is 2.25. The molecule has 21 heavy (non-hydrogen) atoms. The van der Waals surface area contributed by atoms with Crippen LogP contribution in [0.3, 0.4) is 0 Å². The molecule has 0 aliphatic carbocycles. The summed E-state index contributed by atoms with van der Waals surface area (Å²) < 4.78 is 23.1. The van der Waals surface area contributed by atoms with Crippen LogP contribution in [0.1, 0.15) is 54.4 Å². The molecule has 7 heteroatoms. The third-order valence-electron chi connectivity index (χ3n) is 3.53. The SMILES string of the molecule is CCO[Si](OCC)(OCC)OC(C)C(CC)(CC)N=C=O. The Kier molecular flexibility index (Phi) is 9.94. The summed E-state index contributed by atoms with van der Waals surface area (Å²) in [5.74, 6) is 0. The fraction of sp³-hybridized carbons (Fsp3) is 0.929. The smallest absolute Gasteiger partial charge is 0.351 e. The molecule has 0 rings (SSSR count). The van der Waals surface area contributed by atoms with Crippen LogP contribution in [0, 0.1) is 0 Å². The lowest BCUT2D eigenvalue weighted by atomic mass is 9.88. The summed E-state index contributed by atoms with van der Waals surface area (Å²) in [6, 6.07) is 0. The highest BCUT2D eigenvalue weighted by Gasteiger charge is 2.50. The van der Waals surface area contributed by atoms with E-state index in [1.807, 2.05) is 41.5 Å². The van der Waals surface area contributed by atoms with Crippen molar-refractivity contribution in [1.82, 2.24) is 0 Å². The zero-order valence-corrected chi connectivity index (χ0v) is 15.1. The van der Waals surface area contributed by atoms with Crippen LogP contribution in [0.25, 0.3) is 0 Å². The van der Waals surface area contributed by atoms with Crippen molar-refractivity contribution in [3.63, 3.8) is 0 Å². The summed E-state index contributed by atoms with van der Waals surface area (Å²) in [7, 11) is -3.22. The summed E-state index contributed by atoms with van der Waals surface area (Å²) in [5, 5.41) is 0. The van der Waals surface area contributed by atoms with Crippen LogP contribution in [-0.2, 0) is 22.5 Å². The summed E-state index contributed by atoms with van der Waals surface area (Å²) in [4.78, 5) is 14.7. The zero-order valence-electron chi connectivity index (χ0n) is 14.1. The minimum atomic E-state index is -3.22. The Morgan fingerprint density at radius 2 is 1.43 bits per heavy atom. The molecular weight excluding hydrogens is 290 g/mol. The van der Waals surface area contributed by atoms with Crippen LogP contribution in [0.5, 0.6) is 0 Å². The van der Waals surface area contributed by atoms with Gasteiger partial charge in [-0.1, -0.05) is 13.8 Å². The molecule has 0 fully saturated rings. The largest absolute Gasteiger partial charge is 0.680 e. The number of rotatable bonds is 12. The van der Waals surface area contributed by atoms with E-state index < -0.39 is 14.6 Å². The quantitative estimate of drug-likeness (QED) is 0.314. The number of carbonyl (C=O) groups excluding carboxylic acids is 1. The van der Waals surface area contributed by atoms with E-state index in [4.69, 9.17) is 17.7 Å². The second kappa shape index (κ2) is 10.2. The molecule has 1 unspecified atom stereocenters. The molecule has 124 valence electrons. The Labute approximate surface area is 129 Å². The van der Waals surface area contributed by atoms with Gasteiger partial charge in [-0.15, -0.1) is 0 Å². The van der Waals surface area contributed by atoms with Crippen molar-refractivity contribution in [2.24, 2.45) is 4.99 Å². The normalized spacial score (nSPS) is 13.8. The molecule has 0 radical (unpaired) electrons. The van der Waals surface area contributed by atoms with E-state index in [2.05, 4.69) is 4.99 Å².